The number of halogens is 3. The third kappa shape index (κ3) is 3.73. The first-order valence-corrected chi connectivity index (χ1v) is 8.42. The van der Waals surface area contributed by atoms with Crippen LogP contribution < -0.4 is 5.32 Å². The number of nitrogens with one attached hydrogen (secondary N) is 1. The lowest BCUT2D eigenvalue weighted by atomic mass is 10.0. The van der Waals surface area contributed by atoms with E-state index in [1.165, 1.54) is 16.9 Å². The van der Waals surface area contributed by atoms with Gasteiger partial charge in [-0.3, -0.25) is 0 Å². The SMILES string of the molecule is CCCNC(c1ccccc1Br)c1cc(Cl)sc1Cl. The molecule has 19 heavy (non-hydrogen) atoms. The monoisotopic (exact) mass is 377 g/mol. The minimum atomic E-state index is 0.0618. The zero-order chi connectivity index (χ0) is 13.8. The fourth-order valence-corrected chi connectivity index (χ4v) is 3.98. The lowest BCUT2D eigenvalue weighted by Gasteiger charge is -2.20. The summed E-state index contributed by atoms with van der Waals surface area (Å²) < 4.78 is 2.53. The molecule has 2 rings (SSSR count). The Kier molecular flexibility index (Phi) is 5.72. The molecule has 0 bridgehead atoms. The summed E-state index contributed by atoms with van der Waals surface area (Å²) in [5.41, 5.74) is 2.21. The fraction of sp³-hybridized carbons (Fsp3) is 0.286. The van der Waals surface area contributed by atoms with Gasteiger partial charge in [0.25, 0.3) is 0 Å². The largest absolute Gasteiger partial charge is 0.306 e. The van der Waals surface area contributed by atoms with Crippen molar-refractivity contribution in [3.05, 3.63) is 54.6 Å². The van der Waals surface area contributed by atoms with Gasteiger partial charge in [-0.05, 0) is 30.7 Å². The predicted octanol–water partition coefficient (Wildman–Crippen LogP) is 5.91. The lowest BCUT2D eigenvalue weighted by Crippen LogP contribution is -2.23. The molecule has 5 heteroatoms. The van der Waals surface area contributed by atoms with Gasteiger partial charge in [0.05, 0.1) is 14.7 Å². The minimum Gasteiger partial charge on any atom is -0.306 e. The molecule has 0 spiro atoms. The molecule has 1 atom stereocenters. The Balaban J connectivity index is 2.41. The quantitative estimate of drug-likeness (QED) is 0.682. The molecule has 0 saturated heterocycles. The van der Waals surface area contributed by atoms with Crippen molar-refractivity contribution in [3.8, 4) is 0 Å². The second-order valence-electron chi connectivity index (χ2n) is 4.19. The van der Waals surface area contributed by atoms with Crippen LogP contribution in [0.1, 0.15) is 30.5 Å². The van der Waals surface area contributed by atoms with Crippen LogP contribution in [-0.4, -0.2) is 6.54 Å². The molecule has 0 aliphatic rings. The van der Waals surface area contributed by atoms with Gasteiger partial charge in [-0.2, -0.15) is 0 Å². The molecule has 0 fully saturated rings. The van der Waals surface area contributed by atoms with Crippen LogP contribution >= 0.6 is 50.5 Å². The third-order valence-electron chi connectivity index (χ3n) is 2.81. The van der Waals surface area contributed by atoms with E-state index >= 15 is 0 Å². The van der Waals surface area contributed by atoms with Crippen molar-refractivity contribution in [2.24, 2.45) is 0 Å². The van der Waals surface area contributed by atoms with Crippen LogP contribution in [0.2, 0.25) is 8.67 Å². The summed E-state index contributed by atoms with van der Waals surface area (Å²) in [6.07, 6.45) is 1.07. The summed E-state index contributed by atoms with van der Waals surface area (Å²) in [4.78, 5) is 0. The van der Waals surface area contributed by atoms with Gasteiger partial charge in [-0.1, -0.05) is 64.3 Å². The number of hydrogen-bond acceptors (Lipinski definition) is 2. The average Bonchev–Trinajstić information content (AvgIpc) is 2.71. The molecule has 2 aromatic rings. The van der Waals surface area contributed by atoms with Crippen LogP contribution in [-0.2, 0) is 0 Å². The van der Waals surface area contributed by atoms with E-state index in [0.29, 0.717) is 0 Å². The molecule has 0 aliphatic carbocycles. The Hall–Kier alpha value is -0.0600. The van der Waals surface area contributed by atoms with Gasteiger partial charge in [0.1, 0.15) is 0 Å². The normalized spacial score (nSPS) is 12.6. The molecular formula is C14H14BrCl2NS. The van der Waals surface area contributed by atoms with E-state index in [-0.39, 0.29) is 6.04 Å². The molecule has 102 valence electrons. The van der Waals surface area contributed by atoms with Crippen LogP contribution in [0.4, 0.5) is 0 Å². The van der Waals surface area contributed by atoms with E-state index in [2.05, 4.69) is 34.2 Å². The Morgan fingerprint density at radius 3 is 2.58 bits per heavy atom. The summed E-state index contributed by atoms with van der Waals surface area (Å²) in [5, 5.41) is 3.53. The molecule has 1 heterocycles. The number of rotatable bonds is 5. The van der Waals surface area contributed by atoms with Crippen molar-refractivity contribution in [1.82, 2.24) is 5.32 Å². The van der Waals surface area contributed by atoms with Gasteiger partial charge < -0.3 is 5.32 Å². The fourth-order valence-electron chi connectivity index (χ4n) is 1.94. The first-order valence-electron chi connectivity index (χ1n) is 6.06. The van der Waals surface area contributed by atoms with E-state index in [4.69, 9.17) is 23.2 Å². The van der Waals surface area contributed by atoms with Gasteiger partial charge in [-0.25, -0.2) is 0 Å². The molecule has 0 amide bonds. The standard InChI is InChI=1S/C14H14BrCl2NS/c1-2-7-18-13(9-5-3-4-6-11(9)15)10-8-12(16)19-14(10)17/h3-6,8,13,18H,2,7H2,1H3. The van der Waals surface area contributed by atoms with Crippen LogP contribution in [0.3, 0.4) is 0 Å². The van der Waals surface area contributed by atoms with Crippen LogP contribution in [0.25, 0.3) is 0 Å². The van der Waals surface area contributed by atoms with Crippen molar-refractivity contribution in [1.29, 1.82) is 0 Å². The first-order chi connectivity index (χ1) is 9.13. The van der Waals surface area contributed by atoms with E-state index < -0.39 is 0 Å². The first kappa shape index (κ1) is 15.3. The van der Waals surface area contributed by atoms with Crippen LogP contribution in [0.5, 0.6) is 0 Å². The van der Waals surface area contributed by atoms with Crippen molar-refractivity contribution >= 4 is 50.5 Å². The minimum absolute atomic E-state index is 0.0618. The highest BCUT2D eigenvalue weighted by atomic mass is 79.9. The van der Waals surface area contributed by atoms with E-state index in [1.807, 2.05) is 24.3 Å². The Bertz CT molecular complexity index is 556. The van der Waals surface area contributed by atoms with Gasteiger partial charge in [0.15, 0.2) is 0 Å². The molecule has 1 unspecified atom stereocenters. The summed E-state index contributed by atoms with van der Waals surface area (Å²) in [5.74, 6) is 0. The molecule has 1 N–H and O–H groups in total. The smallest absolute Gasteiger partial charge is 0.0995 e. The van der Waals surface area contributed by atoms with Crippen LogP contribution in [0, 0.1) is 0 Å². The van der Waals surface area contributed by atoms with E-state index in [9.17, 15) is 0 Å². The molecule has 1 aromatic carbocycles. The maximum absolute atomic E-state index is 6.30. The van der Waals surface area contributed by atoms with Gasteiger partial charge in [0, 0.05) is 10.0 Å². The highest BCUT2D eigenvalue weighted by Crippen LogP contribution is 2.39. The molecule has 0 radical (unpaired) electrons. The number of thiophene rings is 1. The lowest BCUT2D eigenvalue weighted by molar-refractivity contribution is 0.598. The molecule has 0 aliphatic heterocycles. The van der Waals surface area contributed by atoms with Crippen LogP contribution in [0.15, 0.2) is 34.8 Å². The second-order valence-corrected chi connectivity index (χ2v) is 7.33. The highest BCUT2D eigenvalue weighted by molar-refractivity contribution is 9.10. The van der Waals surface area contributed by atoms with Gasteiger partial charge >= 0.3 is 0 Å². The maximum atomic E-state index is 6.30. The van der Waals surface area contributed by atoms with Crippen molar-refractivity contribution < 1.29 is 0 Å². The topological polar surface area (TPSA) is 12.0 Å². The zero-order valence-corrected chi connectivity index (χ0v) is 14.3. The second kappa shape index (κ2) is 7.09. The maximum Gasteiger partial charge on any atom is 0.0995 e. The molecule has 1 aromatic heterocycles. The van der Waals surface area contributed by atoms with E-state index in [1.54, 1.807) is 0 Å². The van der Waals surface area contributed by atoms with Crippen molar-refractivity contribution in [2.75, 3.05) is 6.54 Å². The summed E-state index contributed by atoms with van der Waals surface area (Å²) in [6.45, 7) is 3.07. The Morgan fingerprint density at radius 2 is 2.00 bits per heavy atom. The Labute approximate surface area is 136 Å². The molecular weight excluding hydrogens is 365 g/mol. The summed E-state index contributed by atoms with van der Waals surface area (Å²) in [6, 6.07) is 10.2. The molecule has 0 saturated carbocycles. The predicted molar refractivity (Wildman–Crippen MR) is 88.6 cm³/mol. The van der Waals surface area contributed by atoms with E-state index in [0.717, 1.165) is 31.7 Å². The van der Waals surface area contributed by atoms with Gasteiger partial charge in [0.2, 0.25) is 0 Å². The van der Waals surface area contributed by atoms with Crippen molar-refractivity contribution in [3.63, 3.8) is 0 Å². The summed E-state index contributed by atoms with van der Waals surface area (Å²) >= 11 is 17.4. The van der Waals surface area contributed by atoms with Gasteiger partial charge in [-0.15, -0.1) is 11.3 Å². The third-order valence-corrected chi connectivity index (χ3v) is 5.05. The number of hydrogen-bond donors (Lipinski definition) is 1. The number of benzene rings is 1. The highest BCUT2D eigenvalue weighted by Gasteiger charge is 2.20. The Morgan fingerprint density at radius 1 is 1.26 bits per heavy atom. The molecule has 1 nitrogen and oxygen atoms in total. The average molecular weight is 379 g/mol. The summed E-state index contributed by atoms with van der Waals surface area (Å²) in [7, 11) is 0. The van der Waals surface area contributed by atoms with Crippen molar-refractivity contribution in [2.45, 2.75) is 19.4 Å². The zero-order valence-electron chi connectivity index (χ0n) is 10.4.